The second kappa shape index (κ2) is 2.85. The molecule has 0 aliphatic carbocycles. The minimum absolute atomic E-state index is 0.0127. The molecule has 0 saturated carbocycles. The molecule has 6 nitrogen and oxygen atoms in total. The van der Waals surface area contributed by atoms with E-state index in [-0.39, 0.29) is 16.5 Å². The Bertz CT molecular complexity index is 522. The molecule has 0 unspecified atom stereocenters. The average molecular weight is 213 g/mol. The average Bonchev–Trinajstić information content (AvgIpc) is 2.48. The van der Waals surface area contributed by atoms with Crippen LogP contribution in [-0.2, 0) is 0 Å². The van der Waals surface area contributed by atoms with Gasteiger partial charge < -0.3 is 5.73 Å². The highest BCUT2D eigenvalue weighted by Crippen LogP contribution is 2.34. The zero-order valence-electron chi connectivity index (χ0n) is 6.82. The van der Waals surface area contributed by atoms with Crippen molar-refractivity contribution in [1.29, 1.82) is 0 Å². The van der Waals surface area contributed by atoms with Gasteiger partial charge in [0.1, 0.15) is 5.02 Å². The van der Waals surface area contributed by atoms with E-state index in [4.69, 9.17) is 17.3 Å². The predicted molar refractivity (Wildman–Crippen MR) is 52.2 cm³/mol. The summed E-state index contributed by atoms with van der Waals surface area (Å²) in [4.78, 5) is 9.99. The van der Waals surface area contributed by atoms with Gasteiger partial charge in [0, 0.05) is 6.07 Å². The Morgan fingerprint density at radius 3 is 2.93 bits per heavy atom. The molecule has 3 N–H and O–H groups in total. The third-order valence-corrected chi connectivity index (χ3v) is 2.25. The lowest BCUT2D eigenvalue weighted by molar-refractivity contribution is -0.384. The van der Waals surface area contributed by atoms with Gasteiger partial charge in [-0.1, -0.05) is 11.6 Å². The van der Waals surface area contributed by atoms with Crippen molar-refractivity contribution in [3.8, 4) is 0 Å². The normalized spacial score (nSPS) is 10.6. The number of nitrogen functional groups attached to an aromatic ring is 1. The van der Waals surface area contributed by atoms with E-state index in [2.05, 4.69) is 10.2 Å². The summed E-state index contributed by atoms with van der Waals surface area (Å²) in [6.07, 6.45) is 0. The largest absolute Gasteiger partial charge is 0.382 e. The lowest BCUT2D eigenvalue weighted by Crippen LogP contribution is -1.90. The molecule has 0 fully saturated rings. The van der Waals surface area contributed by atoms with Gasteiger partial charge >= 0.3 is 0 Å². The SMILES string of the molecule is Nc1n[nH]c2ccc([N+](=O)[O-])c(Cl)c12. The molecule has 72 valence electrons. The number of nitrogens with one attached hydrogen (secondary N) is 1. The van der Waals surface area contributed by atoms with Crippen molar-refractivity contribution < 1.29 is 4.92 Å². The summed E-state index contributed by atoms with van der Waals surface area (Å²) >= 11 is 5.80. The van der Waals surface area contributed by atoms with Gasteiger partial charge in [-0.05, 0) is 6.07 Å². The number of rotatable bonds is 1. The lowest BCUT2D eigenvalue weighted by atomic mass is 10.2. The third kappa shape index (κ3) is 1.08. The highest BCUT2D eigenvalue weighted by Gasteiger charge is 2.17. The predicted octanol–water partition coefficient (Wildman–Crippen LogP) is 1.71. The Balaban J connectivity index is 2.86. The highest BCUT2D eigenvalue weighted by molar-refractivity contribution is 6.38. The molecule has 7 heteroatoms. The minimum Gasteiger partial charge on any atom is -0.382 e. The Kier molecular flexibility index (Phi) is 1.78. The first kappa shape index (κ1) is 8.76. The second-order valence-electron chi connectivity index (χ2n) is 2.69. The van der Waals surface area contributed by atoms with Crippen LogP contribution in [0.4, 0.5) is 11.5 Å². The van der Waals surface area contributed by atoms with Crippen molar-refractivity contribution >= 4 is 34.0 Å². The van der Waals surface area contributed by atoms with Gasteiger partial charge in [-0.3, -0.25) is 15.2 Å². The maximum atomic E-state index is 10.5. The topological polar surface area (TPSA) is 97.8 Å². The van der Waals surface area contributed by atoms with Gasteiger partial charge in [0.2, 0.25) is 0 Å². The number of nitrogens with two attached hydrogens (primary N) is 1. The van der Waals surface area contributed by atoms with Gasteiger partial charge in [0.25, 0.3) is 5.69 Å². The van der Waals surface area contributed by atoms with Crippen LogP contribution in [0, 0.1) is 10.1 Å². The van der Waals surface area contributed by atoms with Crippen LogP contribution in [0.3, 0.4) is 0 Å². The number of anilines is 1. The molecule has 1 heterocycles. The summed E-state index contributed by atoms with van der Waals surface area (Å²) in [5.74, 6) is 0.161. The first-order valence-electron chi connectivity index (χ1n) is 3.67. The number of nitro groups is 1. The van der Waals surface area contributed by atoms with E-state index in [0.29, 0.717) is 10.9 Å². The summed E-state index contributed by atoms with van der Waals surface area (Å²) < 4.78 is 0. The smallest absolute Gasteiger partial charge is 0.288 e. The van der Waals surface area contributed by atoms with Crippen molar-refractivity contribution in [3.05, 3.63) is 27.3 Å². The number of nitro benzene ring substituents is 1. The molecule has 1 aromatic carbocycles. The zero-order chi connectivity index (χ0) is 10.3. The summed E-state index contributed by atoms with van der Waals surface area (Å²) in [6, 6.07) is 2.82. The number of benzene rings is 1. The fourth-order valence-corrected chi connectivity index (χ4v) is 1.56. The molecule has 2 aromatic rings. The fourth-order valence-electron chi connectivity index (χ4n) is 1.23. The summed E-state index contributed by atoms with van der Waals surface area (Å²) in [6.45, 7) is 0. The first-order chi connectivity index (χ1) is 6.61. The Morgan fingerprint density at radius 1 is 1.57 bits per heavy atom. The molecular weight excluding hydrogens is 208 g/mol. The van der Waals surface area contributed by atoms with E-state index in [1.807, 2.05) is 0 Å². The molecule has 14 heavy (non-hydrogen) atoms. The number of halogens is 1. The van der Waals surface area contributed by atoms with Crippen LogP contribution in [0.5, 0.6) is 0 Å². The maximum Gasteiger partial charge on any atom is 0.288 e. The van der Waals surface area contributed by atoms with E-state index < -0.39 is 4.92 Å². The van der Waals surface area contributed by atoms with Crippen LogP contribution in [0.15, 0.2) is 12.1 Å². The van der Waals surface area contributed by atoms with Gasteiger partial charge in [-0.2, -0.15) is 5.10 Å². The van der Waals surface area contributed by atoms with E-state index >= 15 is 0 Å². The Labute approximate surface area is 82.8 Å². The first-order valence-corrected chi connectivity index (χ1v) is 4.05. The molecule has 0 saturated heterocycles. The quantitative estimate of drug-likeness (QED) is 0.555. The summed E-state index contributed by atoms with van der Waals surface area (Å²) in [7, 11) is 0. The standard InChI is InChI=1S/C7H5ClN4O2/c8-6-4(12(13)14)2-1-3-5(6)7(9)11-10-3/h1-2H,(H3,9,10,11). The second-order valence-corrected chi connectivity index (χ2v) is 3.07. The molecule has 0 amide bonds. The maximum absolute atomic E-state index is 10.5. The number of aromatic nitrogens is 2. The number of nitrogens with zero attached hydrogens (tertiary/aromatic N) is 2. The zero-order valence-corrected chi connectivity index (χ0v) is 7.58. The molecule has 0 aliphatic heterocycles. The third-order valence-electron chi connectivity index (χ3n) is 1.87. The van der Waals surface area contributed by atoms with Crippen LogP contribution in [-0.4, -0.2) is 15.1 Å². The van der Waals surface area contributed by atoms with E-state index in [0.717, 1.165) is 0 Å². The van der Waals surface area contributed by atoms with Gasteiger partial charge in [-0.15, -0.1) is 0 Å². The molecule has 0 aliphatic rings. The van der Waals surface area contributed by atoms with E-state index in [1.54, 1.807) is 0 Å². The van der Waals surface area contributed by atoms with E-state index in [9.17, 15) is 10.1 Å². The van der Waals surface area contributed by atoms with Crippen LogP contribution < -0.4 is 5.73 Å². The number of hydrogen-bond donors (Lipinski definition) is 2. The van der Waals surface area contributed by atoms with Crippen LogP contribution in [0.25, 0.3) is 10.9 Å². The fraction of sp³-hybridized carbons (Fsp3) is 0. The Hall–Kier alpha value is -1.82. The molecule has 0 radical (unpaired) electrons. The van der Waals surface area contributed by atoms with Crippen molar-refractivity contribution in [2.45, 2.75) is 0 Å². The Morgan fingerprint density at radius 2 is 2.29 bits per heavy atom. The van der Waals surface area contributed by atoms with Crippen LogP contribution in [0.2, 0.25) is 5.02 Å². The van der Waals surface area contributed by atoms with Crippen molar-refractivity contribution in [3.63, 3.8) is 0 Å². The summed E-state index contributed by atoms with van der Waals surface area (Å²) in [5.41, 5.74) is 5.90. The van der Waals surface area contributed by atoms with Gasteiger partial charge in [0.15, 0.2) is 5.82 Å². The molecule has 1 aromatic heterocycles. The lowest BCUT2D eigenvalue weighted by Gasteiger charge is -1.96. The summed E-state index contributed by atoms with van der Waals surface area (Å²) in [5, 5.41) is 17.3. The molecule has 0 bridgehead atoms. The molecule has 0 atom stereocenters. The molecular formula is C7H5ClN4O2. The molecule has 2 rings (SSSR count). The minimum atomic E-state index is -0.561. The van der Waals surface area contributed by atoms with Gasteiger partial charge in [-0.25, -0.2) is 0 Å². The molecule has 0 spiro atoms. The highest BCUT2D eigenvalue weighted by atomic mass is 35.5. The van der Waals surface area contributed by atoms with Gasteiger partial charge in [0.05, 0.1) is 15.8 Å². The number of hydrogen-bond acceptors (Lipinski definition) is 4. The van der Waals surface area contributed by atoms with Crippen LogP contribution >= 0.6 is 11.6 Å². The van der Waals surface area contributed by atoms with E-state index in [1.165, 1.54) is 12.1 Å². The number of aromatic amines is 1. The van der Waals surface area contributed by atoms with Crippen molar-refractivity contribution in [1.82, 2.24) is 10.2 Å². The van der Waals surface area contributed by atoms with Crippen LogP contribution in [0.1, 0.15) is 0 Å². The number of fused-ring (bicyclic) bond motifs is 1. The monoisotopic (exact) mass is 212 g/mol. The number of H-pyrrole nitrogens is 1. The van der Waals surface area contributed by atoms with Crippen molar-refractivity contribution in [2.75, 3.05) is 5.73 Å². The van der Waals surface area contributed by atoms with Crippen molar-refractivity contribution in [2.24, 2.45) is 0 Å².